The SMILES string of the molecule is C/C=C/CCNC(COC)C1CC1. The lowest BCUT2D eigenvalue weighted by atomic mass is 10.2. The summed E-state index contributed by atoms with van der Waals surface area (Å²) in [6.07, 6.45) is 8.19. The quantitative estimate of drug-likeness (QED) is 0.481. The Bertz CT molecular complexity index is 152. The second-order valence-corrected chi connectivity index (χ2v) is 3.71. The third kappa shape index (κ3) is 4.44. The van der Waals surface area contributed by atoms with Crippen LogP contribution < -0.4 is 5.32 Å². The highest BCUT2D eigenvalue weighted by Crippen LogP contribution is 2.32. The van der Waals surface area contributed by atoms with Crippen molar-refractivity contribution in [3.8, 4) is 0 Å². The summed E-state index contributed by atoms with van der Waals surface area (Å²) in [5, 5.41) is 3.54. The molecule has 2 heteroatoms. The number of ether oxygens (including phenoxy) is 1. The van der Waals surface area contributed by atoms with E-state index < -0.39 is 0 Å². The molecular formula is C11H21NO. The van der Waals surface area contributed by atoms with Crippen molar-refractivity contribution < 1.29 is 4.74 Å². The Hall–Kier alpha value is -0.340. The van der Waals surface area contributed by atoms with E-state index in [9.17, 15) is 0 Å². The van der Waals surface area contributed by atoms with Crippen molar-refractivity contribution in [3.63, 3.8) is 0 Å². The predicted molar refractivity (Wildman–Crippen MR) is 55.8 cm³/mol. The summed E-state index contributed by atoms with van der Waals surface area (Å²) in [5.41, 5.74) is 0. The van der Waals surface area contributed by atoms with E-state index in [1.807, 2.05) is 0 Å². The molecule has 0 saturated heterocycles. The molecule has 1 unspecified atom stereocenters. The Balaban J connectivity index is 2.07. The third-order valence-electron chi connectivity index (χ3n) is 2.49. The molecule has 0 aliphatic heterocycles. The van der Waals surface area contributed by atoms with Crippen LogP contribution in [-0.4, -0.2) is 26.3 Å². The van der Waals surface area contributed by atoms with Gasteiger partial charge in [-0.05, 0) is 38.6 Å². The smallest absolute Gasteiger partial charge is 0.0618 e. The first-order valence-electron chi connectivity index (χ1n) is 5.22. The standard InChI is InChI=1S/C11H21NO/c1-3-4-5-8-12-11(9-13-2)10-6-7-10/h3-4,10-12H,5-9H2,1-2H3/b4-3+. The van der Waals surface area contributed by atoms with Crippen molar-refractivity contribution in [2.45, 2.75) is 32.2 Å². The van der Waals surface area contributed by atoms with Gasteiger partial charge in [-0.15, -0.1) is 0 Å². The van der Waals surface area contributed by atoms with Gasteiger partial charge >= 0.3 is 0 Å². The molecule has 0 amide bonds. The maximum atomic E-state index is 5.18. The van der Waals surface area contributed by atoms with Crippen LogP contribution in [0.25, 0.3) is 0 Å². The highest BCUT2D eigenvalue weighted by molar-refractivity contribution is 4.87. The normalized spacial score (nSPS) is 19.5. The Morgan fingerprint density at radius 2 is 2.31 bits per heavy atom. The number of nitrogens with one attached hydrogen (secondary N) is 1. The first kappa shape index (κ1) is 10.7. The van der Waals surface area contributed by atoms with Gasteiger partial charge in [0.25, 0.3) is 0 Å². The van der Waals surface area contributed by atoms with Crippen LogP contribution in [0.5, 0.6) is 0 Å². The first-order valence-corrected chi connectivity index (χ1v) is 5.22. The zero-order valence-corrected chi connectivity index (χ0v) is 8.75. The molecule has 1 aliphatic carbocycles. The molecule has 0 heterocycles. The van der Waals surface area contributed by atoms with Crippen molar-refractivity contribution >= 4 is 0 Å². The van der Waals surface area contributed by atoms with Crippen molar-refractivity contribution in [3.05, 3.63) is 12.2 Å². The van der Waals surface area contributed by atoms with E-state index in [1.54, 1.807) is 7.11 Å². The molecule has 1 rings (SSSR count). The molecular weight excluding hydrogens is 162 g/mol. The first-order chi connectivity index (χ1) is 6.38. The summed E-state index contributed by atoms with van der Waals surface area (Å²) in [4.78, 5) is 0. The summed E-state index contributed by atoms with van der Waals surface area (Å²) in [6, 6.07) is 0.593. The molecule has 0 bridgehead atoms. The summed E-state index contributed by atoms with van der Waals surface area (Å²) in [6.45, 7) is 4.00. The minimum absolute atomic E-state index is 0.593. The number of rotatable bonds is 7. The average molecular weight is 183 g/mol. The molecule has 13 heavy (non-hydrogen) atoms. The Labute approximate surface area is 81.4 Å². The molecule has 0 aromatic carbocycles. The lowest BCUT2D eigenvalue weighted by Gasteiger charge is -2.16. The fourth-order valence-electron chi connectivity index (χ4n) is 1.56. The van der Waals surface area contributed by atoms with E-state index >= 15 is 0 Å². The van der Waals surface area contributed by atoms with Gasteiger partial charge in [0.1, 0.15) is 0 Å². The summed E-state index contributed by atoms with van der Waals surface area (Å²) in [7, 11) is 1.78. The van der Waals surface area contributed by atoms with Gasteiger partial charge < -0.3 is 10.1 Å². The van der Waals surface area contributed by atoms with Crippen LogP contribution in [0.1, 0.15) is 26.2 Å². The van der Waals surface area contributed by atoms with Gasteiger partial charge in [0, 0.05) is 13.2 Å². The van der Waals surface area contributed by atoms with Crippen LogP contribution in [0.15, 0.2) is 12.2 Å². The maximum Gasteiger partial charge on any atom is 0.0618 e. The molecule has 1 fully saturated rings. The molecule has 0 spiro atoms. The van der Waals surface area contributed by atoms with Gasteiger partial charge in [0.15, 0.2) is 0 Å². The second-order valence-electron chi connectivity index (χ2n) is 3.71. The monoisotopic (exact) mass is 183 g/mol. The van der Waals surface area contributed by atoms with Gasteiger partial charge in [-0.25, -0.2) is 0 Å². The van der Waals surface area contributed by atoms with Gasteiger partial charge in [-0.1, -0.05) is 12.2 Å². The van der Waals surface area contributed by atoms with E-state index in [0.717, 1.165) is 25.5 Å². The van der Waals surface area contributed by atoms with Crippen LogP contribution in [0.2, 0.25) is 0 Å². The average Bonchev–Trinajstić information content (AvgIpc) is 2.93. The molecule has 2 nitrogen and oxygen atoms in total. The van der Waals surface area contributed by atoms with Crippen LogP contribution in [0.4, 0.5) is 0 Å². The molecule has 1 saturated carbocycles. The maximum absolute atomic E-state index is 5.18. The van der Waals surface area contributed by atoms with Crippen molar-refractivity contribution in [1.82, 2.24) is 5.32 Å². The van der Waals surface area contributed by atoms with E-state index in [4.69, 9.17) is 4.74 Å². The molecule has 1 aliphatic rings. The lowest BCUT2D eigenvalue weighted by molar-refractivity contribution is 0.158. The van der Waals surface area contributed by atoms with E-state index in [2.05, 4.69) is 24.4 Å². The number of hydrogen-bond donors (Lipinski definition) is 1. The predicted octanol–water partition coefficient (Wildman–Crippen LogP) is 1.97. The molecule has 76 valence electrons. The fourth-order valence-corrected chi connectivity index (χ4v) is 1.56. The van der Waals surface area contributed by atoms with Gasteiger partial charge in [-0.3, -0.25) is 0 Å². The van der Waals surface area contributed by atoms with Gasteiger partial charge in [-0.2, -0.15) is 0 Å². The highest BCUT2D eigenvalue weighted by Gasteiger charge is 2.30. The van der Waals surface area contributed by atoms with Gasteiger partial charge in [0.2, 0.25) is 0 Å². The molecule has 0 radical (unpaired) electrons. The zero-order valence-electron chi connectivity index (χ0n) is 8.75. The van der Waals surface area contributed by atoms with Crippen LogP contribution in [0, 0.1) is 5.92 Å². The second kappa shape index (κ2) is 6.17. The summed E-state index contributed by atoms with van der Waals surface area (Å²) >= 11 is 0. The summed E-state index contributed by atoms with van der Waals surface area (Å²) < 4.78 is 5.18. The molecule has 1 N–H and O–H groups in total. The van der Waals surface area contributed by atoms with Crippen molar-refractivity contribution in [2.24, 2.45) is 5.92 Å². The Kier molecular flexibility index (Phi) is 5.09. The minimum Gasteiger partial charge on any atom is -0.383 e. The van der Waals surface area contributed by atoms with Crippen LogP contribution >= 0.6 is 0 Å². The zero-order chi connectivity index (χ0) is 9.52. The Morgan fingerprint density at radius 1 is 1.54 bits per heavy atom. The van der Waals surface area contributed by atoms with E-state index in [1.165, 1.54) is 12.8 Å². The topological polar surface area (TPSA) is 21.3 Å². The van der Waals surface area contributed by atoms with E-state index in [0.29, 0.717) is 6.04 Å². The van der Waals surface area contributed by atoms with Crippen LogP contribution in [0.3, 0.4) is 0 Å². The minimum atomic E-state index is 0.593. The number of hydrogen-bond acceptors (Lipinski definition) is 2. The highest BCUT2D eigenvalue weighted by atomic mass is 16.5. The third-order valence-corrected chi connectivity index (χ3v) is 2.49. The molecule has 1 atom stereocenters. The van der Waals surface area contributed by atoms with E-state index in [-0.39, 0.29) is 0 Å². The number of allylic oxidation sites excluding steroid dienone is 1. The molecule has 0 aromatic rings. The fraction of sp³-hybridized carbons (Fsp3) is 0.818. The van der Waals surface area contributed by atoms with Crippen LogP contribution in [-0.2, 0) is 4.74 Å². The summed E-state index contributed by atoms with van der Waals surface area (Å²) in [5.74, 6) is 0.880. The Morgan fingerprint density at radius 3 is 2.85 bits per heavy atom. The largest absolute Gasteiger partial charge is 0.383 e. The van der Waals surface area contributed by atoms with Crippen molar-refractivity contribution in [1.29, 1.82) is 0 Å². The van der Waals surface area contributed by atoms with Gasteiger partial charge in [0.05, 0.1) is 6.61 Å². The molecule has 0 aromatic heterocycles. The van der Waals surface area contributed by atoms with Crippen molar-refractivity contribution in [2.75, 3.05) is 20.3 Å². The number of methoxy groups -OCH3 is 1. The lowest BCUT2D eigenvalue weighted by Crippen LogP contribution is -2.35.